The van der Waals surface area contributed by atoms with Crippen molar-refractivity contribution in [2.75, 3.05) is 11.4 Å². The lowest BCUT2D eigenvalue weighted by molar-refractivity contribution is -0.114. The van der Waals surface area contributed by atoms with E-state index >= 15 is 0 Å². The molecule has 0 bridgehead atoms. The predicted molar refractivity (Wildman–Crippen MR) is 98.8 cm³/mol. The Bertz CT molecular complexity index is 869. The van der Waals surface area contributed by atoms with Crippen LogP contribution >= 0.6 is 0 Å². The number of hydrogen-bond acceptors (Lipinski definition) is 4. The summed E-state index contributed by atoms with van der Waals surface area (Å²) in [5.41, 5.74) is 2.46. The largest absolute Gasteiger partial charge is 0.341 e. The van der Waals surface area contributed by atoms with E-state index in [1.54, 1.807) is 28.9 Å². The zero-order chi connectivity index (χ0) is 18.9. The van der Waals surface area contributed by atoms with Gasteiger partial charge in [-0.3, -0.25) is 14.3 Å². The van der Waals surface area contributed by atoms with Gasteiger partial charge in [0, 0.05) is 24.8 Å². The molecule has 1 aromatic heterocycles. The molecule has 0 fully saturated rings. The summed E-state index contributed by atoms with van der Waals surface area (Å²) in [6, 6.07) is 5.44. The third kappa shape index (κ3) is 3.37. The van der Waals surface area contributed by atoms with Crippen molar-refractivity contribution in [3.63, 3.8) is 0 Å². The van der Waals surface area contributed by atoms with Crippen molar-refractivity contribution < 1.29 is 9.59 Å². The van der Waals surface area contributed by atoms with Crippen LogP contribution in [-0.4, -0.2) is 33.4 Å². The van der Waals surface area contributed by atoms with E-state index in [4.69, 9.17) is 0 Å². The minimum absolute atomic E-state index is 0.119. The molecule has 1 N–H and O–H groups in total. The minimum Gasteiger partial charge on any atom is -0.341 e. The van der Waals surface area contributed by atoms with E-state index in [1.807, 2.05) is 26.0 Å². The number of aryl methyl sites for hydroxylation is 2. The number of hydrogen-bond donors (Lipinski definition) is 1. The molecule has 1 aliphatic heterocycles. The van der Waals surface area contributed by atoms with Gasteiger partial charge in [0.25, 0.3) is 5.91 Å². The Kier molecular flexibility index (Phi) is 4.63. The van der Waals surface area contributed by atoms with Gasteiger partial charge in [-0.25, -0.2) is 0 Å². The monoisotopic (exact) mass is 353 g/mol. The number of fused-ring (bicyclic) bond motifs is 1. The molecule has 2 amide bonds. The third-order valence-electron chi connectivity index (χ3n) is 4.57. The van der Waals surface area contributed by atoms with Crippen LogP contribution < -0.4 is 10.2 Å². The van der Waals surface area contributed by atoms with Gasteiger partial charge in [-0.1, -0.05) is 11.8 Å². The lowest BCUT2D eigenvalue weighted by Gasteiger charge is -2.29. The first kappa shape index (κ1) is 17.8. The zero-order valence-corrected chi connectivity index (χ0v) is 15.3. The molecule has 0 atom stereocenters. The Morgan fingerprint density at radius 1 is 1.35 bits per heavy atom. The van der Waals surface area contributed by atoms with Crippen LogP contribution in [0.1, 0.15) is 41.9 Å². The summed E-state index contributed by atoms with van der Waals surface area (Å²) < 4.78 is 1.60. The Labute approximate surface area is 152 Å². The maximum Gasteiger partial charge on any atom is 0.252 e. The molecule has 7 nitrogen and oxygen atoms in total. The molecule has 2 heterocycles. The Morgan fingerprint density at radius 3 is 2.77 bits per heavy atom. The average molecular weight is 353 g/mol. The molecule has 0 aliphatic carbocycles. The van der Waals surface area contributed by atoms with Crippen LogP contribution in [0.3, 0.4) is 0 Å². The van der Waals surface area contributed by atoms with Crippen LogP contribution in [0, 0.1) is 0 Å². The normalized spacial score (nSPS) is 13.9. The highest BCUT2D eigenvalue weighted by Crippen LogP contribution is 2.29. The van der Waals surface area contributed by atoms with Gasteiger partial charge in [-0.2, -0.15) is 0 Å². The van der Waals surface area contributed by atoms with Crippen molar-refractivity contribution in [2.45, 2.75) is 32.2 Å². The number of anilines is 1. The van der Waals surface area contributed by atoms with Crippen LogP contribution in [-0.2, 0) is 23.8 Å². The molecule has 0 spiro atoms. The molecule has 136 valence electrons. The number of carbonyl (C=O) groups excluding carboxylic acids is 2. The second kappa shape index (κ2) is 6.74. The smallest absolute Gasteiger partial charge is 0.252 e. The average Bonchev–Trinajstić information content (AvgIpc) is 3.07. The molecule has 26 heavy (non-hydrogen) atoms. The highest BCUT2D eigenvalue weighted by atomic mass is 16.2. The highest BCUT2D eigenvalue weighted by Gasteiger charge is 2.28. The van der Waals surface area contributed by atoms with Crippen LogP contribution in [0.4, 0.5) is 5.69 Å². The van der Waals surface area contributed by atoms with E-state index < -0.39 is 5.54 Å². The van der Waals surface area contributed by atoms with Crippen LogP contribution in [0.15, 0.2) is 37.1 Å². The van der Waals surface area contributed by atoms with Crippen molar-refractivity contribution in [3.8, 4) is 0 Å². The van der Waals surface area contributed by atoms with E-state index in [9.17, 15) is 9.59 Å². The summed E-state index contributed by atoms with van der Waals surface area (Å²) in [5, 5.41) is 11.0. The quantitative estimate of drug-likeness (QED) is 0.852. The minimum atomic E-state index is -0.647. The van der Waals surface area contributed by atoms with Gasteiger partial charge < -0.3 is 10.2 Å². The highest BCUT2D eigenvalue weighted by molar-refractivity contribution is 6.02. The number of amides is 2. The summed E-state index contributed by atoms with van der Waals surface area (Å²) >= 11 is 0. The Morgan fingerprint density at radius 2 is 2.12 bits per heavy atom. The molecule has 2 aromatic rings. The van der Waals surface area contributed by atoms with Gasteiger partial charge in [0.1, 0.15) is 5.69 Å². The summed E-state index contributed by atoms with van der Waals surface area (Å²) in [5.74, 6) is -0.303. The van der Waals surface area contributed by atoms with E-state index in [0.717, 1.165) is 24.1 Å². The standard InChI is InChI=1S/C19H23N5O2/c1-5-17(25)24-10-6-7-13-11-14(8-9-15(13)24)18(26)20-19(2,3)16-12-23(4)22-21-16/h5,8-9,11-12H,1,6-7,10H2,2-4H3,(H,20,26). The number of nitrogens with one attached hydrogen (secondary N) is 1. The maximum absolute atomic E-state index is 12.7. The second-order valence-corrected chi connectivity index (χ2v) is 7.00. The van der Waals surface area contributed by atoms with E-state index in [1.165, 1.54) is 6.08 Å². The first-order valence-electron chi connectivity index (χ1n) is 8.58. The topological polar surface area (TPSA) is 80.1 Å². The third-order valence-corrected chi connectivity index (χ3v) is 4.57. The van der Waals surface area contributed by atoms with Crippen molar-refractivity contribution in [3.05, 3.63) is 53.9 Å². The molecule has 3 rings (SSSR count). The fourth-order valence-electron chi connectivity index (χ4n) is 3.13. The lowest BCUT2D eigenvalue weighted by Crippen LogP contribution is -2.41. The molecule has 0 radical (unpaired) electrons. The van der Waals surface area contributed by atoms with Gasteiger partial charge in [0.15, 0.2) is 0 Å². The van der Waals surface area contributed by atoms with Gasteiger partial charge in [-0.15, -0.1) is 5.10 Å². The molecule has 0 unspecified atom stereocenters. The molecule has 0 saturated heterocycles. The van der Waals surface area contributed by atoms with Crippen molar-refractivity contribution in [1.82, 2.24) is 20.3 Å². The van der Waals surface area contributed by atoms with Gasteiger partial charge in [0.2, 0.25) is 5.91 Å². The summed E-state index contributed by atoms with van der Waals surface area (Å²) in [4.78, 5) is 26.4. The predicted octanol–water partition coefficient (Wildman–Crippen LogP) is 1.95. The second-order valence-electron chi connectivity index (χ2n) is 7.00. The summed E-state index contributed by atoms with van der Waals surface area (Å²) in [6.07, 6.45) is 4.80. The number of nitrogens with zero attached hydrogens (tertiary/aromatic N) is 4. The number of benzene rings is 1. The SMILES string of the molecule is C=CC(=O)N1CCCc2cc(C(=O)NC(C)(C)c3cn(C)nn3)ccc21. The van der Waals surface area contributed by atoms with Crippen LogP contribution in [0.2, 0.25) is 0 Å². The molecular weight excluding hydrogens is 330 g/mol. The van der Waals surface area contributed by atoms with E-state index in [-0.39, 0.29) is 11.8 Å². The van der Waals surface area contributed by atoms with Crippen molar-refractivity contribution >= 4 is 17.5 Å². The first-order valence-corrected chi connectivity index (χ1v) is 8.58. The van der Waals surface area contributed by atoms with Gasteiger partial charge >= 0.3 is 0 Å². The van der Waals surface area contributed by atoms with Crippen molar-refractivity contribution in [1.29, 1.82) is 0 Å². The van der Waals surface area contributed by atoms with E-state index in [2.05, 4.69) is 22.2 Å². The Hall–Kier alpha value is -2.96. The molecular formula is C19H23N5O2. The van der Waals surface area contributed by atoms with Gasteiger partial charge in [-0.05, 0) is 56.5 Å². The fourth-order valence-corrected chi connectivity index (χ4v) is 3.13. The number of carbonyl (C=O) groups is 2. The summed E-state index contributed by atoms with van der Waals surface area (Å²) in [7, 11) is 1.79. The lowest BCUT2D eigenvalue weighted by atomic mass is 9.97. The fraction of sp³-hybridized carbons (Fsp3) is 0.368. The number of rotatable bonds is 4. The number of aromatic nitrogens is 3. The molecule has 1 aromatic carbocycles. The van der Waals surface area contributed by atoms with Crippen LogP contribution in [0.25, 0.3) is 0 Å². The summed E-state index contributed by atoms with van der Waals surface area (Å²) in [6.45, 7) is 8.00. The Balaban J connectivity index is 1.83. The van der Waals surface area contributed by atoms with Gasteiger partial charge in [0.05, 0.1) is 11.7 Å². The zero-order valence-electron chi connectivity index (χ0n) is 15.3. The molecule has 7 heteroatoms. The van der Waals surface area contributed by atoms with Crippen molar-refractivity contribution in [2.24, 2.45) is 7.05 Å². The molecule has 0 saturated carbocycles. The first-order chi connectivity index (χ1) is 12.3. The van der Waals surface area contributed by atoms with Crippen LogP contribution in [0.5, 0.6) is 0 Å². The molecule has 1 aliphatic rings. The van der Waals surface area contributed by atoms with E-state index in [0.29, 0.717) is 17.8 Å². The maximum atomic E-state index is 12.7.